The van der Waals surface area contributed by atoms with Crippen LogP contribution in [-0.4, -0.2) is 80.0 Å². The summed E-state index contributed by atoms with van der Waals surface area (Å²) in [5.74, 6) is 0. The molecule has 6 nitrogen and oxygen atoms in total. The van der Waals surface area contributed by atoms with Gasteiger partial charge in [0, 0.05) is 49.9 Å². The summed E-state index contributed by atoms with van der Waals surface area (Å²) in [7, 11) is 0. The van der Waals surface area contributed by atoms with E-state index in [4.69, 9.17) is 0 Å². The maximum atomic E-state index is 10.2. The maximum Gasteiger partial charge on any atom is 0.159 e. The number of amidine groups is 1. The zero-order chi connectivity index (χ0) is 15.6. The lowest BCUT2D eigenvalue weighted by Gasteiger charge is -2.36. The second-order valence-corrected chi connectivity index (χ2v) is 8.30. The van der Waals surface area contributed by atoms with Crippen LogP contribution in [0.5, 0.6) is 0 Å². The highest BCUT2D eigenvalue weighted by Gasteiger charge is 2.31. The van der Waals surface area contributed by atoms with Crippen molar-refractivity contribution in [3.8, 4) is 0 Å². The van der Waals surface area contributed by atoms with Crippen molar-refractivity contribution in [2.24, 2.45) is 4.99 Å². The molecule has 1 N–H and O–H groups in total. The van der Waals surface area contributed by atoms with Crippen LogP contribution < -0.4 is 0 Å². The number of aromatic nitrogens is 2. The standard InChI is InChI=1S/C15H25N5OS/c1-15(2)12-16-14(22-15)19-8-6-18(7-9-19)10-13(21)11-20-5-3-4-17-20/h3-5,13,21H,6-12H2,1-2H3. The molecule has 0 amide bonds. The van der Waals surface area contributed by atoms with Gasteiger partial charge in [0.15, 0.2) is 5.17 Å². The predicted molar refractivity (Wildman–Crippen MR) is 90.2 cm³/mol. The molecule has 7 heteroatoms. The highest BCUT2D eigenvalue weighted by Crippen LogP contribution is 2.33. The molecular weight excluding hydrogens is 298 g/mol. The van der Waals surface area contributed by atoms with Gasteiger partial charge in [-0.3, -0.25) is 14.6 Å². The summed E-state index contributed by atoms with van der Waals surface area (Å²) in [6.45, 7) is 10.6. The molecule has 2 aliphatic heterocycles. The van der Waals surface area contributed by atoms with E-state index in [1.54, 1.807) is 10.9 Å². The topological polar surface area (TPSA) is 56.9 Å². The van der Waals surface area contributed by atoms with Crippen LogP contribution >= 0.6 is 11.8 Å². The number of aliphatic hydroxyl groups excluding tert-OH is 1. The number of β-amino-alcohol motifs (C(OH)–C–C–N with tert-alkyl or cyclic N) is 1. The number of aliphatic imine (C=N–C) groups is 1. The van der Waals surface area contributed by atoms with Gasteiger partial charge in [-0.15, -0.1) is 0 Å². The van der Waals surface area contributed by atoms with Crippen molar-refractivity contribution < 1.29 is 5.11 Å². The molecule has 0 saturated carbocycles. The molecule has 3 heterocycles. The van der Waals surface area contributed by atoms with Crippen LogP contribution in [0.15, 0.2) is 23.5 Å². The molecule has 1 fully saturated rings. The molecule has 1 atom stereocenters. The van der Waals surface area contributed by atoms with Gasteiger partial charge < -0.3 is 10.0 Å². The Balaban J connectivity index is 1.42. The number of nitrogens with zero attached hydrogens (tertiary/aromatic N) is 5. The fourth-order valence-electron chi connectivity index (χ4n) is 2.84. The lowest BCUT2D eigenvalue weighted by atomic mass is 10.2. The van der Waals surface area contributed by atoms with Crippen LogP contribution in [0.2, 0.25) is 0 Å². The number of aliphatic hydroxyl groups is 1. The summed E-state index contributed by atoms with van der Waals surface area (Å²) in [5.41, 5.74) is 0. The molecule has 0 spiro atoms. The summed E-state index contributed by atoms with van der Waals surface area (Å²) in [6, 6.07) is 1.88. The van der Waals surface area contributed by atoms with Crippen LogP contribution in [-0.2, 0) is 6.54 Å². The van der Waals surface area contributed by atoms with Gasteiger partial charge in [0.05, 0.1) is 19.2 Å². The van der Waals surface area contributed by atoms with Gasteiger partial charge in [-0.1, -0.05) is 11.8 Å². The van der Waals surface area contributed by atoms with Gasteiger partial charge in [0.1, 0.15) is 0 Å². The van der Waals surface area contributed by atoms with Gasteiger partial charge in [-0.2, -0.15) is 5.10 Å². The Morgan fingerprint density at radius 2 is 2.05 bits per heavy atom. The molecule has 1 unspecified atom stereocenters. The number of hydrogen-bond donors (Lipinski definition) is 1. The Morgan fingerprint density at radius 1 is 1.27 bits per heavy atom. The second kappa shape index (κ2) is 6.60. The van der Waals surface area contributed by atoms with Crippen LogP contribution in [0.3, 0.4) is 0 Å². The van der Waals surface area contributed by atoms with Crippen molar-refractivity contribution in [1.29, 1.82) is 0 Å². The van der Waals surface area contributed by atoms with E-state index in [9.17, 15) is 5.11 Å². The maximum absolute atomic E-state index is 10.2. The van der Waals surface area contributed by atoms with Crippen molar-refractivity contribution in [2.45, 2.75) is 31.2 Å². The van der Waals surface area contributed by atoms with Crippen molar-refractivity contribution in [3.05, 3.63) is 18.5 Å². The second-order valence-electron chi connectivity index (χ2n) is 6.63. The van der Waals surface area contributed by atoms with Crippen LogP contribution in [0.25, 0.3) is 0 Å². The minimum atomic E-state index is -0.372. The first-order chi connectivity index (χ1) is 10.5. The lowest BCUT2D eigenvalue weighted by molar-refractivity contribution is 0.0769. The van der Waals surface area contributed by atoms with Crippen molar-refractivity contribution >= 4 is 16.9 Å². The first-order valence-corrected chi connectivity index (χ1v) is 8.70. The third-order valence-electron chi connectivity index (χ3n) is 4.03. The third kappa shape index (κ3) is 4.02. The first-order valence-electron chi connectivity index (χ1n) is 7.88. The summed E-state index contributed by atoms with van der Waals surface area (Å²) < 4.78 is 2.03. The van der Waals surface area contributed by atoms with E-state index in [0.29, 0.717) is 13.1 Å². The minimum Gasteiger partial charge on any atom is -0.390 e. The van der Waals surface area contributed by atoms with Crippen LogP contribution in [0.4, 0.5) is 0 Å². The average Bonchev–Trinajstić information content (AvgIpc) is 3.09. The molecule has 0 aliphatic carbocycles. The Kier molecular flexibility index (Phi) is 4.75. The average molecular weight is 323 g/mol. The van der Waals surface area contributed by atoms with E-state index in [2.05, 4.69) is 33.7 Å². The summed E-state index contributed by atoms with van der Waals surface area (Å²) in [5, 5.41) is 15.5. The third-order valence-corrected chi connectivity index (χ3v) is 5.28. The van der Waals surface area contributed by atoms with E-state index in [0.717, 1.165) is 32.7 Å². The molecule has 1 saturated heterocycles. The first kappa shape index (κ1) is 15.8. The van der Waals surface area contributed by atoms with Gasteiger partial charge >= 0.3 is 0 Å². The summed E-state index contributed by atoms with van der Waals surface area (Å²) >= 11 is 1.89. The zero-order valence-electron chi connectivity index (χ0n) is 13.4. The minimum absolute atomic E-state index is 0.242. The van der Waals surface area contributed by atoms with E-state index >= 15 is 0 Å². The largest absolute Gasteiger partial charge is 0.390 e. The van der Waals surface area contributed by atoms with Gasteiger partial charge in [0.2, 0.25) is 0 Å². The molecular formula is C15H25N5OS. The van der Waals surface area contributed by atoms with Crippen molar-refractivity contribution in [1.82, 2.24) is 19.6 Å². The molecule has 2 aliphatic rings. The highest BCUT2D eigenvalue weighted by atomic mass is 32.2. The Hall–Kier alpha value is -1.05. The Bertz CT molecular complexity index is 508. The zero-order valence-corrected chi connectivity index (χ0v) is 14.2. The van der Waals surface area contributed by atoms with Crippen LogP contribution in [0.1, 0.15) is 13.8 Å². The SMILES string of the molecule is CC1(C)CN=C(N2CCN(CC(O)Cn3cccn3)CC2)S1. The van der Waals surface area contributed by atoms with Gasteiger partial charge in [0.25, 0.3) is 0 Å². The van der Waals surface area contributed by atoms with E-state index in [1.807, 2.05) is 24.0 Å². The van der Waals surface area contributed by atoms with Crippen LogP contribution in [0, 0.1) is 0 Å². The molecule has 0 aromatic carbocycles. The monoisotopic (exact) mass is 323 g/mol. The predicted octanol–water partition coefficient (Wildman–Crippen LogP) is 0.743. The molecule has 122 valence electrons. The lowest BCUT2D eigenvalue weighted by Crippen LogP contribution is -2.50. The number of rotatable bonds is 4. The highest BCUT2D eigenvalue weighted by molar-refractivity contribution is 8.15. The van der Waals surface area contributed by atoms with Crippen molar-refractivity contribution in [2.75, 3.05) is 39.3 Å². The normalized spacial score (nSPS) is 23.6. The molecule has 3 rings (SSSR count). The molecule has 0 radical (unpaired) electrons. The van der Waals surface area contributed by atoms with Gasteiger partial charge in [-0.25, -0.2) is 0 Å². The quantitative estimate of drug-likeness (QED) is 0.886. The molecule has 0 bridgehead atoms. The van der Waals surface area contributed by atoms with E-state index in [-0.39, 0.29) is 10.9 Å². The molecule has 1 aromatic rings. The Morgan fingerprint density at radius 3 is 2.64 bits per heavy atom. The molecule has 1 aromatic heterocycles. The smallest absolute Gasteiger partial charge is 0.159 e. The summed E-state index contributed by atoms with van der Waals surface area (Å²) in [4.78, 5) is 9.39. The van der Waals surface area contributed by atoms with Gasteiger partial charge in [-0.05, 0) is 19.9 Å². The van der Waals surface area contributed by atoms with E-state index in [1.165, 1.54) is 5.17 Å². The number of thioether (sulfide) groups is 1. The number of hydrogen-bond acceptors (Lipinski definition) is 6. The van der Waals surface area contributed by atoms with Crippen molar-refractivity contribution in [3.63, 3.8) is 0 Å². The fraction of sp³-hybridized carbons (Fsp3) is 0.733. The fourth-order valence-corrected chi connectivity index (χ4v) is 3.90. The number of piperazine rings is 1. The molecule has 22 heavy (non-hydrogen) atoms. The van der Waals surface area contributed by atoms with E-state index < -0.39 is 0 Å². The Labute approximate surface area is 136 Å². The summed E-state index contributed by atoms with van der Waals surface area (Å²) in [6.07, 6.45) is 3.26.